The summed E-state index contributed by atoms with van der Waals surface area (Å²) < 4.78 is 5.03. The second kappa shape index (κ2) is 14.3. The Morgan fingerprint density at radius 2 is 0.968 bits per heavy atom. The predicted molar refractivity (Wildman–Crippen MR) is 272 cm³/mol. The van der Waals surface area contributed by atoms with Crippen LogP contribution in [0.2, 0.25) is 0 Å². The standard InChI is InChI=1S/C60H38N2S/c1-2-15-41(16-3-1)49-32-30-47(37-52(49)45-26-25-39-13-4-6-18-43(39)35-45)61(48-31-34-57-53(38-48)59-50-20-9-8-17-42(50)28-33-58(59)63-57)55-23-12-24-56-60(55)51-21-10-11-22-54(51)62(56)46-29-27-40-14-5-7-19-44(40)36-46/h1-38H. The van der Waals surface area contributed by atoms with Gasteiger partial charge in [0.05, 0.1) is 16.7 Å². The van der Waals surface area contributed by atoms with E-state index in [4.69, 9.17) is 0 Å². The quantitative estimate of drug-likeness (QED) is 0.162. The Morgan fingerprint density at radius 1 is 0.333 bits per heavy atom. The second-order valence-corrected chi connectivity index (χ2v) is 17.6. The minimum Gasteiger partial charge on any atom is -0.310 e. The predicted octanol–water partition coefficient (Wildman–Crippen LogP) is 17.4. The zero-order chi connectivity index (χ0) is 41.4. The first-order chi connectivity index (χ1) is 31.2. The molecular formula is C60H38N2S. The van der Waals surface area contributed by atoms with Crippen LogP contribution in [0.4, 0.5) is 17.1 Å². The fraction of sp³-hybridized carbons (Fsp3) is 0. The van der Waals surface area contributed by atoms with Gasteiger partial charge in [0.25, 0.3) is 0 Å². The molecule has 0 spiro atoms. The van der Waals surface area contributed by atoms with Crippen molar-refractivity contribution in [3.63, 3.8) is 0 Å². The molecule has 0 unspecified atom stereocenters. The average Bonchev–Trinajstić information content (AvgIpc) is 3.90. The lowest BCUT2D eigenvalue weighted by Gasteiger charge is -2.28. The van der Waals surface area contributed by atoms with Crippen LogP contribution < -0.4 is 4.90 Å². The highest BCUT2D eigenvalue weighted by Crippen LogP contribution is 2.48. The van der Waals surface area contributed by atoms with Crippen molar-refractivity contribution in [2.75, 3.05) is 4.90 Å². The molecule has 0 aliphatic heterocycles. The number of para-hydroxylation sites is 1. The van der Waals surface area contributed by atoms with Gasteiger partial charge in [-0.1, -0.05) is 158 Å². The third-order valence-corrected chi connectivity index (χ3v) is 14.1. The minimum absolute atomic E-state index is 1.09. The van der Waals surface area contributed by atoms with Crippen LogP contribution in [0.5, 0.6) is 0 Å². The number of anilines is 3. The van der Waals surface area contributed by atoms with Crippen molar-refractivity contribution in [3.05, 3.63) is 231 Å². The number of hydrogen-bond donors (Lipinski definition) is 0. The number of hydrogen-bond acceptors (Lipinski definition) is 2. The van der Waals surface area contributed by atoms with Crippen molar-refractivity contribution in [2.24, 2.45) is 0 Å². The van der Waals surface area contributed by atoms with Crippen molar-refractivity contribution in [2.45, 2.75) is 0 Å². The van der Waals surface area contributed by atoms with Gasteiger partial charge in [-0.2, -0.15) is 0 Å². The normalized spacial score (nSPS) is 11.8. The number of rotatable bonds is 6. The molecule has 13 rings (SSSR count). The van der Waals surface area contributed by atoms with Gasteiger partial charge in [0.1, 0.15) is 0 Å². The number of fused-ring (bicyclic) bond motifs is 10. The van der Waals surface area contributed by atoms with Gasteiger partial charge in [0, 0.05) is 48.0 Å². The lowest BCUT2D eigenvalue weighted by Crippen LogP contribution is -2.11. The summed E-state index contributed by atoms with van der Waals surface area (Å²) in [5.41, 5.74) is 11.6. The second-order valence-electron chi connectivity index (χ2n) is 16.5. The Balaban J connectivity index is 1.11. The van der Waals surface area contributed by atoms with Gasteiger partial charge < -0.3 is 9.47 Å². The zero-order valence-corrected chi connectivity index (χ0v) is 35.1. The number of benzene rings is 11. The smallest absolute Gasteiger partial charge is 0.0562 e. The monoisotopic (exact) mass is 818 g/mol. The molecule has 0 saturated heterocycles. The Bertz CT molecular complexity index is 3930. The maximum Gasteiger partial charge on any atom is 0.0562 e. The Morgan fingerprint density at radius 3 is 1.81 bits per heavy atom. The van der Waals surface area contributed by atoms with Gasteiger partial charge in [-0.05, 0) is 127 Å². The molecule has 2 aromatic heterocycles. The average molecular weight is 819 g/mol. The molecule has 0 fully saturated rings. The topological polar surface area (TPSA) is 8.17 Å². The zero-order valence-electron chi connectivity index (χ0n) is 34.2. The minimum atomic E-state index is 1.09. The molecule has 0 aliphatic carbocycles. The molecule has 0 N–H and O–H groups in total. The van der Waals surface area contributed by atoms with Gasteiger partial charge in [-0.3, -0.25) is 0 Å². The summed E-state index contributed by atoms with van der Waals surface area (Å²) in [5, 5.41) is 12.5. The van der Waals surface area contributed by atoms with Crippen molar-refractivity contribution < 1.29 is 0 Å². The van der Waals surface area contributed by atoms with Gasteiger partial charge in [0.15, 0.2) is 0 Å². The summed E-state index contributed by atoms with van der Waals surface area (Å²) in [6.45, 7) is 0. The van der Waals surface area contributed by atoms with Gasteiger partial charge in [-0.25, -0.2) is 0 Å². The van der Waals surface area contributed by atoms with Crippen LogP contribution in [0.3, 0.4) is 0 Å². The molecule has 0 bridgehead atoms. The van der Waals surface area contributed by atoms with Crippen LogP contribution in [0.25, 0.3) is 102 Å². The van der Waals surface area contributed by atoms with E-state index in [2.05, 4.69) is 240 Å². The number of nitrogens with zero attached hydrogens (tertiary/aromatic N) is 2. The highest BCUT2D eigenvalue weighted by Gasteiger charge is 2.23. The van der Waals surface area contributed by atoms with E-state index in [9.17, 15) is 0 Å². The van der Waals surface area contributed by atoms with E-state index in [1.54, 1.807) is 0 Å². The van der Waals surface area contributed by atoms with Crippen LogP contribution in [0.15, 0.2) is 231 Å². The van der Waals surface area contributed by atoms with E-state index >= 15 is 0 Å². The first kappa shape index (κ1) is 35.7. The Kier molecular flexibility index (Phi) is 8.12. The van der Waals surface area contributed by atoms with E-state index in [-0.39, 0.29) is 0 Å². The first-order valence-electron chi connectivity index (χ1n) is 21.6. The van der Waals surface area contributed by atoms with Crippen LogP contribution in [0.1, 0.15) is 0 Å². The summed E-state index contributed by atoms with van der Waals surface area (Å²) in [6.07, 6.45) is 0. The van der Waals surface area contributed by atoms with Crippen LogP contribution >= 0.6 is 11.3 Å². The third kappa shape index (κ3) is 5.78. The van der Waals surface area contributed by atoms with Crippen LogP contribution in [-0.2, 0) is 0 Å². The van der Waals surface area contributed by atoms with Crippen molar-refractivity contribution in [1.82, 2.24) is 4.57 Å². The van der Waals surface area contributed by atoms with Gasteiger partial charge in [-0.15, -0.1) is 11.3 Å². The molecule has 63 heavy (non-hydrogen) atoms. The Hall–Kier alpha value is -7.98. The lowest BCUT2D eigenvalue weighted by molar-refractivity contribution is 1.18. The van der Waals surface area contributed by atoms with Crippen LogP contribution in [-0.4, -0.2) is 4.57 Å². The van der Waals surface area contributed by atoms with E-state index in [0.717, 1.165) is 28.3 Å². The Labute approximate surface area is 368 Å². The number of thiophene rings is 1. The highest BCUT2D eigenvalue weighted by atomic mass is 32.1. The van der Waals surface area contributed by atoms with E-state index in [1.807, 2.05) is 11.3 Å². The van der Waals surface area contributed by atoms with E-state index in [1.165, 1.54) is 91.0 Å². The molecule has 0 amide bonds. The molecular weight excluding hydrogens is 781 g/mol. The molecule has 11 aromatic carbocycles. The van der Waals surface area contributed by atoms with Crippen molar-refractivity contribution >= 4 is 103 Å². The lowest BCUT2D eigenvalue weighted by atomic mass is 9.92. The molecule has 2 nitrogen and oxygen atoms in total. The maximum absolute atomic E-state index is 2.51. The molecule has 2 heterocycles. The summed E-state index contributed by atoms with van der Waals surface area (Å²) in [6, 6.07) is 85.0. The fourth-order valence-corrected chi connectivity index (χ4v) is 11.1. The molecule has 0 atom stereocenters. The summed E-state index contributed by atoms with van der Waals surface area (Å²) >= 11 is 1.87. The van der Waals surface area contributed by atoms with E-state index < -0.39 is 0 Å². The molecule has 0 radical (unpaired) electrons. The van der Waals surface area contributed by atoms with Gasteiger partial charge >= 0.3 is 0 Å². The van der Waals surface area contributed by atoms with Crippen LogP contribution in [0, 0.1) is 0 Å². The molecule has 0 saturated carbocycles. The van der Waals surface area contributed by atoms with Crippen molar-refractivity contribution in [1.29, 1.82) is 0 Å². The molecule has 13 aromatic rings. The fourth-order valence-electron chi connectivity index (χ4n) is 10.0. The molecule has 0 aliphatic rings. The third-order valence-electron chi connectivity index (χ3n) is 12.9. The SMILES string of the molecule is c1ccc(-c2ccc(N(c3ccc4sc5ccc6ccccc6c5c4c3)c3cccc4c3c3ccccc3n4-c3ccc4ccccc4c3)cc2-c2ccc3ccccc3c2)cc1. The van der Waals surface area contributed by atoms with Crippen molar-refractivity contribution in [3.8, 4) is 27.9 Å². The first-order valence-corrected chi connectivity index (χ1v) is 22.4. The molecule has 294 valence electrons. The van der Waals surface area contributed by atoms with Gasteiger partial charge in [0.2, 0.25) is 0 Å². The van der Waals surface area contributed by atoms with E-state index in [0.29, 0.717) is 0 Å². The largest absolute Gasteiger partial charge is 0.310 e. The molecule has 3 heteroatoms. The summed E-state index contributed by atoms with van der Waals surface area (Å²) in [5.74, 6) is 0. The summed E-state index contributed by atoms with van der Waals surface area (Å²) in [7, 11) is 0. The maximum atomic E-state index is 2.51. The number of aromatic nitrogens is 1. The highest BCUT2D eigenvalue weighted by molar-refractivity contribution is 7.26. The summed E-state index contributed by atoms with van der Waals surface area (Å²) in [4.78, 5) is 2.51.